The quantitative estimate of drug-likeness (QED) is 0.178. The van der Waals surface area contributed by atoms with Crippen molar-refractivity contribution in [1.82, 2.24) is 26.1 Å². The van der Waals surface area contributed by atoms with Gasteiger partial charge in [0.2, 0.25) is 15.6 Å². The lowest BCUT2D eigenvalue weighted by atomic mass is 9.89. The van der Waals surface area contributed by atoms with Crippen molar-refractivity contribution in [2.75, 3.05) is 13.2 Å². The zero-order valence-corrected chi connectivity index (χ0v) is 31.0. The summed E-state index contributed by atoms with van der Waals surface area (Å²) in [5.41, 5.74) is 4.55. The number of carbonyl (C=O) groups excluding carboxylic acids is 4. The number of fused-ring (bicyclic) bond motifs is 1. The van der Waals surface area contributed by atoms with Crippen LogP contribution >= 0.6 is 46.4 Å². The summed E-state index contributed by atoms with van der Waals surface area (Å²) in [4.78, 5) is 57.1. The van der Waals surface area contributed by atoms with Gasteiger partial charge < -0.3 is 20.5 Å². The molecule has 4 N–H and O–H groups in total. The lowest BCUT2D eigenvalue weighted by Crippen LogP contribution is -2.61. The van der Waals surface area contributed by atoms with Crippen LogP contribution in [0.3, 0.4) is 0 Å². The number of carbonyl (C=O) groups is 4. The number of hydrogen-bond acceptors (Lipinski definition) is 8. The first kappa shape index (κ1) is 39.8. The molecule has 0 aliphatic carbocycles. The molecule has 0 bridgehead atoms. The second-order valence-electron chi connectivity index (χ2n) is 12.9. The molecule has 4 unspecified atom stereocenters. The number of halogens is 4. The Morgan fingerprint density at radius 3 is 2.42 bits per heavy atom. The van der Waals surface area contributed by atoms with Gasteiger partial charge in [0.1, 0.15) is 24.7 Å². The van der Waals surface area contributed by atoms with E-state index in [0.717, 1.165) is 16.5 Å². The van der Waals surface area contributed by atoms with Crippen LogP contribution in [0.25, 0.3) is 17.0 Å². The van der Waals surface area contributed by atoms with Crippen LogP contribution in [0.15, 0.2) is 24.3 Å². The number of aliphatic hydroxyl groups excluding tert-OH is 1. The van der Waals surface area contributed by atoms with E-state index in [1.165, 1.54) is 11.9 Å². The molecule has 2 heterocycles. The summed E-state index contributed by atoms with van der Waals surface area (Å²) in [5.74, 6) is -2.37. The van der Waals surface area contributed by atoms with E-state index in [0.29, 0.717) is 35.6 Å². The van der Waals surface area contributed by atoms with Gasteiger partial charge in [0, 0.05) is 11.9 Å². The molecule has 3 amide bonds. The molecule has 1 aliphatic rings. The van der Waals surface area contributed by atoms with Crippen LogP contribution in [0.4, 0.5) is 0 Å². The van der Waals surface area contributed by atoms with Crippen molar-refractivity contribution < 1.29 is 29.0 Å². The molecule has 11 nitrogen and oxygen atoms in total. The molecule has 0 saturated carbocycles. The van der Waals surface area contributed by atoms with Gasteiger partial charge in [0.15, 0.2) is 0 Å². The van der Waals surface area contributed by atoms with Crippen molar-refractivity contribution in [2.45, 2.75) is 89.3 Å². The first-order chi connectivity index (χ1) is 22.2. The van der Waals surface area contributed by atoms with Gasteiger partial charge in [-0.1, -0.05) is 84.5 Å². The van der Waals surface area contributed by atoms with Crippen LogP contribution < -0.4 is 16.1 Å². The Kier molecular flexibility index (Phi) is 13.6. The Morgan fingerprint density at radius 2 is 1.81 bits per heavy atom. The number of pyridine rings is 1. The SMILES string of the molecule is Cc1c(C=CC(C)(C)C(=O)NC(C(=O)NC(C)C(=O)N2CCCC(C(=O)OCC(Cl)(Cl)Cl)N2)C(C)C)ccc2c(Cl)cc(C(C)O)nc12. The lowest BCUT2D eigenvalue weighted by molar-refractivity contribution is -0.152. The highest BCUT2D eigenvalue weighted by Gasteiger charge is 2.35. The molecule has 1 aromatic heterocycles. The Bertz CT molecular complexity index is 1560. The number of aromatic nitrogens is 1. The Balaban J connectivity index is 1.67. The topological polar surface area (TPSA) is 150 Å². The Labute approximate surface area is 301 Å². The predicted molar refractivity (Wildman–Crippen MR) is 188 cm³/mol. The molecule has 15 heteroatoms. The number of esters is 1. The van der Waals surface area contributed by atoms with Gasteiger partial charge in [-0.2, -0.15) is 0 Å². The number of hydrogen-bond donors (Lipinski definition) is 4. The van der Waals surface area contributed by atoms with Crippen molar-refractivity contribution in [2.24, 2.45) is 11.3 Å². The summed E-state index contributed by atoms with van der Waals surface area (Å²) in [6.45, 7) is 11.9. The molecule has 1 saturated heterocycles. The number of aliphatic hydroxyl groups is 1. The minimum absolute atomic E-state index is 0.303. The first-order valence-electron chi connectivity index (χ1n) is 15.6. The number of amides is 3. The highest BCUT2D eigenvalue weighted by molar-refractivity contribution is 6.67. The molecule has 4 atom stereocenters. The van der Waals surface area contributed by atoms with Gasteiger partial charge in [-0.05, 0) is 70.6 Å². The number of aryl methyl sites for hydroxylation is 1. The number of ether oxygens (including phenoxy) is 1. The van der Waals surface area contributed by atoms with Crippen LogP contribution in [0.2, 0.25) is 5.02 Å². The number of nitrogens with zero attached hydrogens (tertiary/aromatic N) is 2. The largest absolute Gasteiger partial charge is 0.460 e. The van der Waals surface area contributed by atoms with Crippen molar-refractivity contribution in [1.29, 1.82) is 0 Å². The standard InChI is InChI=1S/C33H43Cl4N5O6/c1-17(2)26(28(44)38-19(4)29(45)42-14-8-9-24(41-42)30(46)48-16-33(35,36)37)40-31(47)32(6,7)13-12-21-10-11-22-23(34)15-25(20(5)43)39-27(22)18(21)3/h10-13,15,17,19-20,24,26,41,43H,8-9,14,16H2,1-7H3,(H,38,44)(H,40,47). The van der Waals surface area contributed by atoms with E-state index in [9.17, 15) is 24.3 Å². The van der Waals surface area contributed by atoms with Crippen molar-refractivity contribution >= 4 is 87.1 Å². The van der Waals surface area contributed by atoms with Crippen LogP contribution in [0.5, 0.6) is 0 Å². The summed E-state index contributed by atoms with van der Waals surface area (Å²) in [6.07, 6.45) is 3.69. The predicted octanol–water partition coefficient (Wildman–Crippen LogP) is 5.34. The van der Waals surface area contributed by atoms with Gasteiger partial charge in [-0.25, -0.2) is 10.4 Å². The molecule has 1 aromatic carbocycles. The van der Waals surface area contributed by atoms with Gasteiger partial charge in [0.05, 0.1) is 27.8 Å². The number of benzene rings is 1. The summed E-state index contributed by atoms with van der Waals surface area (Å²) >= 11 is 23.4. The molecule has 48 heavy (non-hydrogen) atoms. The van der Waals surface area contributed by atoms with Gasteiger partial charge in [-0.3, -0.25) is 24.2 Å². The molecule has 0 spiro atoms. The van der Waals surface area contributed by atoms with E-state index in [2.05, 4.69) is 21.0 Å². The van der Waals surface area contributed by atoms with Crippen LogP contribution in [0, 0.1) is 18.3 Å². The van der Waals surface area contributed by atoms with Crippen LogP contribution in [-0.2, 0) is 23.9 Å². The normalized spacial score (nSPS) is 17.7. The van der Waals surface area contributed by atoms with Crippen molar-refractivity contribution in [3.05, 3.63) is 46.1 Å². The lowest BCUT2D eigenvalue weighted by Gasteiger charge is -2.35. The molecule has 2 aromatic rings. The molecule has 1 fully saturated rings. The highest BCUT2D eigenvalue weighted by Crippen LogP contribution is 2.31. The van der Waals surface area contributed by atoms with Crippen LogP contribution in [-0.4, -0.2) is 73.9 Å². The van der Waals surface area contributed by atoms with E-state index >= 15 is 0 Å². The summed E-state index contributed by atoms with van der Waals surface area (Å²) in [5, 5.41) is 18.1. The summed E-state index contributed by atoms with van der Waals surface area (Å²) < 4.78 is 3.27. The first-order valence-corrected chi connectivity index (χ1v) is 17.1. The third kappa shape index (κ3) is 10.4. The Hall–Kier alpha value is -2.67. The van der Waals surface area contributed by atoms with E-state index in [4.69, 9.17) is 51.1 Å². The Morgan fingerprint density at radius 1 is 1.15 bits per heavy atom. The second kappa shape index (κ2) is 16.4. The fourth-order valence-electron chi connectivity index (χ4n) is 5.02. The maximum absolute atomic E-state index is 13.5. The number of rotatable bonds is 11. The van der Waals surface area contributed by atoms with E-state index < -0.39 is 63.7 Å². The summed E-state index contributed by atoms with van der Waals surface area (Å²) in [7, 11) is 0. The zero-order valence-electron chi connectivity index (χ0n) is 28.0. The molecule has 0 radical (unpaired) electrons. The van der Waals surface area contributed by atoms with Gasteiger partial charge in [-0.15, -0.1) is 0 Å². The van der Waals surface area contributed by atoms with E-state index in [-0.39, 0.29) is 5.92 Å². The average Bonchev–Trinajstić information content (AvgIpc) is 3.01. The maximum Gasteiger partial charge on any atom is 0.325 e. The third-order valence-electron chi connectivity index (χ3n) is 8.02. The fraction of sp³-hybridized carbons (Fsp3) is 0.545. The third-order valence-corrected chi connectivity index (χ3v) is 8.66. The maximum atomic E-state index is 13.5. The number of hydrazine groups is 1. The molecule has 1 aliphatic heterocycles. The fourth-order valence-corrected chi connectivity index (χ4v) is 5.45. The van der Waals surface area contributed by atoms with Gasteiger partial charge >= 0.3 is 5.97 Å². The van der Waals surface area contributed by atoms with Crippen molar-refractivity contribution in [3.63, 3.8) is 0 Å². The van der Waals surface area contributed by atoms with Crippen molar-refractivity contribution in [3.8, 4) is 0 Å². The van der Waals surface area contributed by atoms with E-state index in [1.54, 1.807) is 46.8 Å². The minimum atomic E-state index is -1.76. The molecular weight excluding hydrogens is 704 g/mol. The number of nitrogens with one attached hydrogen (secondary N) is 3. The smallest absolute Gasteiger partial charge is 0.325 e. The summed E-state index contributed by atoms with van der Waals surface area (Å²) in [6, 6.07) is 2.63. The van der Waals surface area contributed by atoms with Crippen LogP contribution in [0.1, 0.15) is 77.3 Å². The van der Waals surface area contributed by atoms with Gasteiger partial charge in [0.25, 0.3) is 5.91 Å². The minimum Gasteiger partial charge on any atom is -0.460 e. The molecular formula is C33H43Cl4N5O6. The number of alkyl halides is 3. The van der Waals surface area contributed by atoms with E-state index in [1.807, 2.05) is 25.1 Å². The average molecular weight is 748 g/mol. The monoisotopic (exact) mass is 745 g/mol. The molecule has 3 rings (SSSR count). The second-order valence-corrected chi connectivity index (χ2v) is 15.8. The zero-order chi connectivity index (χ0) is 36.1. The highest BCUT2D eigenvalue weighted by atomic mass is 35.6. The molecule has 264 valence electrons.